The summed E-state index contributed by atoms with van der Waals surface area (Å²) in [5.41, 5.74) is 0. The second-order valence-electron chi connectivity index (χ2n) is 1.95. The van der Waals surface area contributed by atoms with Gasteiger partial charge in [-0.2, -0.15) is 8.42 Å². The van der Waals surface area contributed by atoms with Gasteiger partial charge in [0.15, 0.2) is 6.10 Å². The summed E-state index contributed by atoms with van der Waals surface area (Å²) in [6, 6.07) is 0. The van der Waals surface area contributed by atoms with Crippen LogP contribution in [0.3, 0.4) is 0 Å². The average molecular weight is 214 g/mol. The summed E-state index contributed by atoms with van der Waals surface area (Å²) in [4.78, 5) is 20.1. The lowest BCUT2D eigenvalue weighted by atomic mass is 10.3. The van der Waals surface area contributed by atoms with Crippen LogP contribution in [0.4, 0.5) is 0 Å². The SMILES string of the molecule is O=C(O)C[C@@H](OS(=O)(=O)O)C(=O)O. The van der Waals surface area contributed by atoms with Crippen LogP contribution >= 0.6 is 0 Å². The fourth-order valence-corrected chi connectivity index (χ4v) is 0.912. The second-order valence-corrected chi connectivity index (χ2v) is 3.00. The maximum absolute atomic E-state index is 10.1. The third-order valence-electron chi connectivity index (χ3n) is 0.873. The molecule has 0 aliphatic heterocycles. The van der Waals surface area contributed by atoms with Gasteiger partial charge in [-0.15, -0.1) is 0 Å². The first-order valence-corrected chi connectivity index (χ1v) is 4.19. The summed E-state index contributed by atoms with van der Waals surface area (Å²) in [7, 11) is -4.96. The first kappa shape index (κ1) is 11.8. The highest BCUT2D eigenvalue weighted by molar-refractivity contribution is 7.80. The Morgan fingerprint density at radius 3 is 2.00 bits per heavy atom. The van der Waals surface area contributed by atoms with Gasteiger partial charge >= 0.3 is 22.3 Å². The predicted molar refractivity (Wildman–Crippen MR) is 36.3 cm³/mol. The molecule has 1 atom stereocenters. The minimum atomic E-state index is -4.96. The Hall–Kier alpha value is -1.19. The molecule has 0 aromatic heterocycles. The molecule has 0 aromatic carbocycles. The monoisotopic (exact) mass is 214 g/mol. The molecule has 0 spiro atoms. The molecule has 9 heteroatoms. The van der Waals surface area contributed by atoms with E-state index in [2.05, 4.69) is 4.18 Å². The maximum Gasteiger partial charge on any atom is 0.398 e. The second kappa shape index (κ2) is 4.16. The number of aliphatic carboxylic acids is 2. The van der Waals surface area contributed by atoms with Crippen LogP contribution in [0.15, 0.2) is 0 Å². The van der Waals surface area contributed by atoms with Crippen molar-refractivity contribution < 1.29 is 37.0 Å². The van der Waals surface area contributed by atoms with E-state index < -0.39 is 34.9 Å². The number of carboxylic acid groups (broad SMARTS) is 2. The van der Waals surface area contributed by atoms with Crippen molar-refractivity contribution in [1.29, 1.82) is 0 Å². The molecule has 0 radical (unpaired) electrons. The average Bonchev–Trinajstić information content (AvgIpc) is 1.81. The van der Waals surface area contributed by atoms with Gasteiger partial charge < -0.3 is 10.2 Å². The van der Waals surface area contributed by atoms with Gasteiger partial charge in [-0.3, -0.25) is 9.35 Å². The summed E-state index contributed by atoms with van der Waals surface area (Å²) in [5.74, 6) is -3.35. The molecule has 0 heterocycles. The van der Waals surface area contributed by atoms with Gasteiger partial charge in [0.05, 0.1) is 6.42 Å². The van der Waals surface area contributed by atoms with Crippen molar-refractivity contribution in [2.45, 2.75) is 12.5 Å². The molecule has 0 fully saturated rings. The Morgan fingerprint density at radius 1 is 1.31 bits per heavy atom. The molecule has 0 aromatic rings. The molecule has 0 aliphatic rings. The van der Waals surface area contributed by atoms with Crippen molar-refractivity contribution in [3.63, 3.8) is 0 Å². The molecule has 0 bridgehead atoms. The normalized spacial score (nSPS) is 13.6. The minimum Gasteiger partial charge on any atom is -0.481 e. The van der Waals surface area contributed by atoms with E-state index in [1.54, 1.807) is 0 Å². The highest BCUT2D eigenvalue weighted by Gasteiger charge is 2.26. The van der Waals surface area contributed by atoms with E-state index >= 15 is 0 Å². The number of hydrogen-bond acceptors (Lipinski definition) is 5. The zero-order valence-corrected chi connectivity index (χ0v) is 6.89. The molecule has 3 N–H and O–H groups in total. The quantitative estimate of drug-likeness (QED) is 0.481. The van der Waals surface area contributed by atoms with E-state index in [4.69, 9.17) is 14.8 Å². The van der Waals surface area contributed by atoms with Crippen LogP contribution < -0.4 is 0 Å². The smallest absolute Gasteiger partial charge is 0.398 e. The summed E-state index contributed by atoms with van der Waals surface area (Å²) in [6.07, 6.45) is -3.18. The van der Waals surface area contributed by atoms with Crippen LogP contribution in [0.5, 0.6) is 0 Å². The summed E-state index contributed by atoms with van der Waals surface area (Å²) in [6.45, 7) is 0. The first-order valence-electron chi connectivity index (χ1n) is 2.82. The Kier molecular flexibility index (Phi) is 3.78. The Labute approximate surface area is 72.7 Å². The number of rotatable bonds is 5. The minimum absolute atomic E-state index is 1.06. The predicted octanol–water partition coefficient (Wildman–Crippen LogP) is -1.27. The molecular weight excluding hydrogens is 208 g/mol. The fourth-order valence-electron chi connectivity index (χ4n) is 0.468. The largest absolute Gasteiger partial charge is 0.481 e. The van der Waals surface area contributed by atoms with Gasteiger partial charge in [0.25, 0.3) is 0 Å². The van der Waals surface area contributed by atoms with Crippen molar-refractivity contribution >= 4 is 22.3 Å². The Balaban J connectivity index is 4.45. The van der Waals surface area contributed by atoms with E-state index in [-0.39, 0.29) is 0 Å². The van der Waals surface area contributed by atoms with Gasteiger partial charge in [-0.25, -0.2) is 8.98 Å². The van der Waals surface area contributed by atoms with E-state index in [0.717, 1.165) is 0 Å². The van der Waals surface area contributed by atoms with Crippen LogP contribution in [0.2, 0.25) is 0 Å². The van der Waals surface area contributed by atoms with Gasteiger partial charge in [-0.05, 0) is 0 Å². The van der Waals surface area contributed by atoms with E-state index in [0.29, 0.717) is 0 Å². The van der Waals surface area contributed by atoms with Gasteiger partial charge in [-0.1, -0.05) is 0 Å². The zero-order valence-electron chi connectivity index (χ0n) is 6.08. The standard InChI is InChI=1S/C4H6O8S/c5-3(6)1-2(4(7)8)12-13(9,10)11/h2H,1H2,(H,5,6)(H,7,8)(H,9,10,11)/t2-/m1/s1. The molecule has 0 saturated heterocycles. The lowest BCUT2D eigenvalue weighted by Crippen LogP contribution is -2.29. The van der Waals surface area contributed by atoms with Gasteiger partial charge in [0.1, 0.15) is 0 Å². The van der Waals surface area contributed by atoms with Crippen LogP contribution in [0, 0.1) is 0 Å². The van der Waals surface area contributed by atoms with Gasteiger partial charge in [0, 0.05) is 0 Å². The van der Waals surface area contributed by atoms with Crippen molar-refractivity contribution in [3.05, 3.63) is 0 Å². The third kappa shape index (κ3) is 6.02. The first-order chi connectivity index (χ1) is 5.72. The van der Waals surface area contributed by atoms with E-state index in [1.807, 2.05) is 0 Å². The number of carbonyl (C=O) groups is 2. The Bertz CT molecular complexity index is 302. The summed E-state index contributed by atoms with van der Waals surface area (Å²) < 4.78 is 31.6. The van der Waals surface area contributed by atoms with E-state index in [9.17, 15) is 18.0 Å². The molecule has 0 unspecified atom stereocenters. The highest BCUT2D eigenvalue weighted by atomic mass is 32.3. The van der Waals surface area contributed by atoms with Crippen LogP contribution in [-0.2, 0) is 24.2 Å². The van der Waals surface area contributed by atoms with Crippen molar-refractivity contribution in [3.8, 4) is 0 Å². The van der Waals surface area contributed by atoms with E-state index in [1.165, 1.54) is 0 Å². The van der Waals surface area contributed by atoms with Crippen molar-refractivity contribution in [2.75, 3.05) is 0 Å². The maximum atomic E-state index is 10.1. The lowest BCUT2D eigenvalue weighted by Gasteiger charge is -2.06. The molecule has 0 rings (SSSR count). The molecule has 0 amide bonds. The fraction of sp³-hybridized carbons (Fsp3) is 0.500. The van der Waals surface area contributed by atoms with Crippen LogP contribution in [-0.4, -0.2) is 41.2 Å². The Morgan fingerprint density at radius 2 is 1.77 bits per heavy atom. The van der Waals surface area contributed by atoms with Gasteiger partial charge in [0.2, 0.25) is 0 Å². The number of carboxylic acids is 2. The number of hydrogen-bond donors (Lipinski definition) is 3. The summed E-state index contributed by atoms with van der Waals surface area (Å²) >= 11 is 0. The highest BCUT2D eigenvalue weighted by Crippen LogP contribution is 2.02. The molecule has 0 aliphatic carbocycles. The van der Waals surface area contributed by atoms with Crippen LogP contribution in [0.1, 0.15) is 6.42 Å². The molecule has 8 nitrogen and oxygen atoms in total. The third-order valence-corrected chi connectivity index (χ3v) is 1.35. The van der Waals surface area contributed by atoms with Crippen molar-refractivity contribution in [2.24, 2.45) is 0 Å². The van der Waals surface area contributed by atoms with Crippen molar-refractivity contribution in [1.82, 2.24) is 0 Å². The molecule has 13 heavy (non-hydrogen) atoms. The molecule has 0 saturated carbocycles. The topological polar surface area (TPSA) is 138 Å². The molecular formula is C4H6O8S. The summed E-state index contributed by atoms with van der Waals surface area (Å²) in [5, 5.41) is 16.3. The lowest BCUT2D eigenvalue weighted by molar-refractivity contribution is -0.151. The molecule has 76 valence electrons. The van der Waals surface area contributed by atoms with Crippen LogP contribution in [0.25, 0.3) is 0 Å². The zero-order chi connectivity index (χ0) is 10.6.